The summed E-state index contributed by atoms with van der Waals surface area (Å²) in [7, 11) is 0. The van der Waals surface area contributed by atoms with Crippen molar-refractivity contribution in [1.29, 1.82) is 0 Å². The van der Waals surface area contributed by atoms with Gasteiger partial charge in [0, 0.05) is 31.4 Å². The second-order valence-corrected chi connectivity index (χ2v) is 7.71. The summed E-state index contributed by atoms with van der Waals surface area (Å²) >= 11 is 1.52. The van der Waals surface area contributed by atoms with E-state index < -0.39 is 0 Å². The molecule has 3 rings (SSSR count). The lowest BCUT2D eigenvalue weighted by Crippen LogP contribution is -2.35. The zero-order valence-corrected chi connectivity index (χ0v) is 17.7. The lowest BCUT2D eigenvalue weighted by atomic mass is 9.84. The van der Waals surface area contributed by atoms with Gasteiger partial charge in [-0.25, -0.2) is 4.98 Å². The van der Waals surface area contributed by atoms with Gasteiger partial charge in [-0.2, -0.15) is 0 Å². The van der Waals surface area contributed by atoms with Crippen LogP contribution >= 0.6 is 36.2 Å². The first-order valence-corrected chi connectivity index (χ1v) is 9.84. The van der Waals surface area contributed by atoms with Crippen LogP contribution in [0, 0.1) is 11.8 Å². The van der Waals surface area contributed by atoms with Gasteiger partial charge in [-0.3, -0.25) is 9.69 Å². The molecule has 1 unspecified atom stereocenters. The molecule has 2 saturated heterocycles. The summed E-state index contributed by atoms with van der Waals surface area (Å²) in [5.41, 5.74) is 1.03. The van der Waals surface area contributed by atoms with Crippen LogP contribution < -0.4 is 10.6 Å². The maximum Gasteiger partial charge on any atom is 0.226 e. The molecular weight excluding hydrogens is 395 g/mol. The molecule has 1 aromatic heterocycles. The SMILES string of the molecule is CC(CC(=O)Nc1nc(CN2CCOCC2)cs1)C1CCNCC1.Cl.Cl. The van der Waals surface area contributed by atoms with Gasteiger partial charge in [0.05, 0.1) is 18.9 Å². The number of nitrogens with zero attached hydrogens (tertiary/aromatic N) is 2. The first-order valence-electron chi connectivity index (χ1n) is 8.96. The maximum atomic E-state index is 12.3. The highest BCUT2D eigenvalue weighted by Crippen LogP contribution is 2.25. The van der Waals surface area contributed by atoms with E-state index in [9.17, 15) is 4.79 Å². The van der Waals surface area contributed by atoms with Gasteiger partial charge >= 0.3 is 0 Å². The third-order valence-electron chi connectivity index (χ3n) is 4.98. The first kappa shape index (κ1) is 23.6. The summed E-state index contributed by atoms with van der Waals surface area (Å²) in [4.78, 5) is 19.2. The molecule has 2 N–H and O–H groups in total. The number of aromatic nitrogens is 1. The van der Waals surface area contributed by atoms with Crippen LogP contribution in [0.25, 0.3) is 0 Å². The number of carbonyl (C=O) groups excluding carboxylic acids is 1. The van der Waals surface area contributed by atoms with Crippen LogP contribution in [0.15, 0.2) is 5.38 Å². The Kier molecular flexibility index (Phi) is 11.0. The largest absolute Gasteiger partial charge is 0.379 e. The van der Waals surface area contributed by atoms with Gasteiger partial charge in [-0.05, 0) is 37.8 Å². The second kappa shape index (κ2) is 12.1. The first-order chi connectivity index (χ1) is 11.7. The van der Waals surface area contributed by atoms with E-state index >= 15 is 0 Å². The van der Waals surface area contributed by atoms with Crippen LogP contribution in [0.1, 0.15) is 31.9 Å². The van der Waals surface area contributed by atoms with Gasteiger partial charge in [-0.1, -0.05) is 6.92 Å². The Morgan fingerprint density at radius 2 is 2.08 bits per heavy atom. The number of carbonyl (C=O) groups is 1. The number of amides is 1. The number of hydrogen-bond acceptors (Lipinski definition) is 6. The van der Waals surface area contributed by atoms with E-state index in [4.69, 9.17) is 4.74 Å². The van der Waals surface area contributed by atoms with E-state index in [0.29, 0.717) is 18.3 Å². The molecule has 0 radical (unpaired) electrons. The number of rotatable bonds is 6. The molecule has 2 fully saturated rings. The zero-order valence-electron chi connectivity index (χ0n) is 15.2. The Balaban J connectivity index is 0.00000169. The molecule has 2 aliphatic rings. The number of morpholine rings is 1. The molecule has 0 bridgehead atoms. The molecular formula is C17H30Cl2N4O2S. The van der Waals surface area contributed by atoms with Crippen LogP contribution in [-0.2, 0) is 16.1 Å². The van der Waals surface area contributed by atoms with Crippen molar-refractivity contribution >= 4 is 47.2 Å². The molecule has 9 heteroatoms. The fourth-order valence-corrected chi connectivity index (χ4v) is 4.19. The fourth-order valence-electron chi connectivity index (χ4n) is 3.47. The molecule has 6 nitrogen and oxygen atoms in total. The summed E-state index contributed by atoms with van der Waals surface area (Å²) in [5.74, 6) is 1.18. The second-order valence-electron chi connectivity index (χ2n) is 6.85. The Hall–Kier alpha value is -0.440. The monoisotopic (exact) mass is 424 g/mol. The van der Waals surface area contributed by atoms with E-state index in [-0.39, 0.29) is 30.7 Å². The van der Waals surface area contributed by atoms with E-state index in [1.54, 1.807) is 0 Å². The molecule has 0 saturated carbocycles. The van der Waals surface area contributed by atoms with Gasteiger partial charge in [-0.15, -0.1) is 36.2 Å². The smallest absolute Gasteiger partial charge is 0.226 e. The van der Waals surface area contributed by atoms with Crippen LogP contribution in [0.2, 0.25) is 0 Å². The van der Waals surface area contributed by atoms with Crippen LogP contribution in [0.5, 0.6) is 0 Å². The van der Waals surface area contributed by atoms with Crippen molar-refractivity contribution < 1.29 is 9.53 Å². The fraction of sp³-hybridized carbons (Fsp3) is 0.765. The molecule has 0 aromatic carbocycles. The van der Waals surface area contributed by atoms with E-state index in [2.05, 4.69) is 27.4 Å². The van der Waals surface area contributed by atoms with Crippen molar-refractivity contribution in [3.05, 3.63) is 11.1 Å². The molecule has 150 valence electrons. The normalized spacial score (nSPS) is 19.9. The highest BCUT2D eigenvalue weighted by molar-refractivity contribution is 7.13. The standard InChI is InChI=1S/C17H28N4O2S.2ClH/c1-13(14-2-4-18-5-3-14)10-16(22)20-17-19-15(12-24-17)11-21-6-8-23-9-7-21;;/h12-14,18H,2-11H2,1H3,(H,19,20,22);2*1H. The number of thiazole rings is 1. The number of nitrogens with one attached hydrogen (secondary N) is 2. The Morgan fingerprint density at radius 1 is 1.38 bits per heavy atom. The van der Waals surface area contributed by atoms with Crippen molar-refractivity contribution in [3.63, 3.8) is 0 Å². The van der Waals surface area contributed by atoms with Crippen molar-refractivity contribution in [2.75, 3.05) is 44.7 Å². The molecule has 3 heterocycles. The van der Waals surface area contributed by atoms with Crippen LogP contribution in [0.4, 0.5) is 5.13 Å². The number of anilines is 1. The number of ether oxygens (including phenoxy) is 1. The minimum absolute atomic E-state index is 0. The number of hydrogen-bond donors (Lipinski definition) is 2. The van der Waals surface area contributed by atoms with Crippen LogP contribution in [0.3, 0.4) is 0 Å². The molecule has 0 spiro atoms. The molecule has 2 aliphatic heterocycles. The lowest BCUT2D eigenvalue weighted by molar-refractivity contribution is -0.117. The summed E-state index contributed by atoms with van der Waals surface area (Å²) in [6.07, 6.45) is 2.94. The highest BCUT2D eigenvalue weighted by Gasteiger charge is 2.22. The minimum Gasteiger partial charge on any atom is -0.379 e. The predicted molar refractivity (Wildman–Crippen MR) is 111 cm³/mol. The molecule has 1 aromatic rings. The third kappa shape index (κ3) is 7.29. The maximum absolute atomic E-state index is 12.3. The van der Waals surface area contributed by atoms with Crippen molar-refractivity contribution in [2.45, 2.75) is 32.7 Å². The number of halogens is 2. The summed E-state index contributed by atoms with van der Waals surface area (Å²) < 4.78 is 5.36. The number of piperidine rings is 1. The van der Waals surface area contributed by atoms with Crippen LogP contribution in [-0.4, -0.2) is 55.2 Å². The van der Waals surface area contributed by atoms with Gasteiger partial charge < -0.3 is 15.4 Å². The minimum atomic E-state index is 0. The molecule has 1 atom stereocenters. The van der Waals surface area contributed by atoms with E-state index in [1.807, 2.05) is 5.38 Å². The molecule has 0 aliphatic carbocycles. The average Bonchev–Trinajstić information content (AvgIpc) is 3.03. The van der Waals surface area contributed by atoms with Gasteiger partial charge in [0.15, 0.2) is 5.13 Å². The van der Waals surface area contributed by atoms with E-state index in [0.717, 1.165) is 56.8 Å². The lowest BCUT2D eigenvalue weighted by Gasteiger charge is -2.27. The Labute approximate surface area is 172 Å². The zero-order chi connectivity index (χ0) is 16.8. The molecule has 26 heavy (non-hydrogen) atoms. The quantitative estimate of drug-likeness (QED) is 0.734. The van der Waals surface area contributed by atoms with Crippen molar-refractivity contribution in [3.8, 4) is 0 Å². The van der Waals surface area contributed by atoms with Crippen molar-refractivity contribution in [1.82, 2.24) is 15.2 Å². The Bertz CT molecular complexity index is 535. The highest BCUT2D eigenvalue weighted by atomic mass is 35.5. The topological polar surface area (TPSA) is 66.5 Å². The predicted octanol–water partition coefficient (Wildman–Crippen LogP) is 2.78. The van der Waals surface area contributed by atoms with Gasteiger partial charge in [0.2, 0.25) is 5.91 Å². The average molecular weight is 425 g/mol. The molecule has 1 amide bonds. The van der Waals surface area contributed by atoms with E-state index in [1.165, 1.54) is 24.2 Å². The third-order valence-corrected chi connectivity index (χ3v) is 5.79. The van der Waals surface area contributed by atoms with Gasteiger partial charge in [0.1, 0.15) is 0 Å². The van der Waals surface area contributed by atoms with Gasteiger partial charge in [0.25, 0.3) is 0 Å². The summed E-state index contributed by atoms with van der Waals surface area (Å²) in [6.45, 7) is 8.68. The van der Waals surface area contributed by atoms with Crippen molar-refractivity contribution in [2.24, 2.45) is 11.8 Å². The summed E-state index contributed by atoms with van der Waals surface area (Å²) in [5, 5.41) is 9.12. The Morgan fingerprint density at radius 3 is 2.77 bits per heavy atom. The summed E-state index contributed by atoms with van der Waals surface area (Å²) in [6, 6.07) is 0.